The van der Waals surface area contributed by atoms with E-state index in [1.54, 1.807) is 43.6 Å². The van der Waals surface area contributed by atoms with Gasteiger partial charge in [0.25, 0.3) is 5.91 Å². The molecule has 2 aromatic rings. The second-order valence-corrected chi connectivity index (χ2v) is 7.02. The van der Waals surface area contributed by atoms with Crippen molar-refractivity contribution in [3.8, 4) is 5.75 Å². The highest BCUT2D eigenvalue weighted by Gasteiger charge is 2.41. The molecule has 0 aliphatic carbocycles. The average molecular weight is 359 g/mol. The number of aromatic nitrogens is 1. The number of carbonyl (C=O) groups excluding carboxylic acids is 3. The summed E-state index contributed by atoms with van der Waals surface area (Å²) in [5.41, 5.74) is -0.252. The van der Waals surface area contributed by atoms with E-state index < -0.39 is 5.60 Å². The van der Waals surface area contributed by atoms with E-state index >= 15 is 0 Å². The quantitative estimate of drug-likeness (QED) is 0.847. The summed E-state index contributed by atoms with van der Waals surface area (Å²) < 4.78 is 5.74. The standard InChI is InChI=1S/C17H17N3O4S/c1-10(21)11-4-5-13-12(8-11)20(15(23)17(2,3)24-13)9-14(22)19-16-18-6-7-25-16/h4-8H,9H2,1-3H3,(H,18,19,22). The number of ether oxygens (including phenoxy) is 1. The highest BCUT2D eigenvalue weighted by atomic mass is 32.1. The summed E-state index contributed by atoms with van der Waals surface area (Å²) in [5, 5.41) is 4.86. The molecule has 0 saturated heterocycles. The number of hydrogen-bond acceptors (Lipinski definition) is 6. The van der Waals surface area contributed by atoms with Crippen molar-refractivity contribution < 1.29 is 19.1 Å². The molecule has 0 atom stereocenters. The monoisotopic (exact) mass is 359 g/mol. The predicted octanol–water partition coefficient (Wildman–Crippen LogP) is 2.49. The van der Waals surface area contributed by atoms with Gasteiger partial charge in [0.15, 0.2) is 16.5 Å². The molecule has 7 nitrogen and oxygen atoms in total. The van der Waals surface area contributed by atoms with E-state index in [0.29, 0.717) is 22.1 Å². The van der Waals surface area contributed by atoms with E-state index in [1.165, 1.54) is 23.2 Å². The average Bonchev–Trinajstić information content (AvgIpc) is 3.04. The van der Waals surface area contributed by atoms with Crippen molar-refractivity contribution in [2.45, 2.75) is 26.4 Å². The first kappa shape index (κ1) is 17.1. The Morgan fingerprint density at radius 3 is 2.76 bits per heavy atom. The molecular formula is C17H17N3O4S. The molecule has 1 aliphatic heterocycles. The number of carbonyl (C=O) groups is 3. The van der Waals surface area contributed by atoms with Gasteiger partial charge in [-0.05, 0) is 39.0 Å². The Morgan fingerprint density at radius 2 is 2.12 bits per heavy atom. The number of fused-ring (bicyclic) bond motifs is 1. The number of amides is 2. The number of Topliss-reactive ketones (excluding diaryl/α,β-unsaturated/α-hetero) is 1. The first-order valence-corrected chi connectivity index (χ1v) is 8.51. The number of benzene rings is 1. The first-order chi connectivity index (χ1) is 11.8. The molecule has 0 fully saturated rings. The number of hydrogen-bond donors (Lipinski definition) is 1. The van der Waals surface area contributed by atoms with Crippen LogP contribution in [-0.4, -0.2) is 34.7 Å². The van der Waals surface area contributed by atoms with Crippen molar-refractivity contribution >= 4 is 39.8 Å². The van der Waals surface area contributed by atoms with Gasteiger partial charge in [-0.2, -0.15) is 0 Å². The van der Waals surface area contributed by atoms with Crippen molar-refractivity contribution in [3.05, 3.63) is 35.3 Å². The highest BCUT2D eigenvalue weighted by Crippen LogP contribution is 2.38. The van der Waals surface area contributed by atoms with Gasteiger partial charge in [-0.1, -0.05) is 0 Å². The third-order valence-corrected chi connectivity index (χ3v) is 4.45. The van der Waals surface area contributed by atoms with E-state index in [4.69, 9.17) is 4.74 Å². The van der Waals surface area contributed by atoms with Crippen LogP contribution in [0.1, 0.15) is 31.1 Å². The number of thiazole rings is 1. The van der Waals surface area contributed by atoms with Gasteiger partial charge in [-0.15, -0.1) is 11.3 Å². The van der Waals surface area contributed by atoms with Crippen LogP contribution in [0.25, 0.3) is 0 Å². The van der Waals surface area contributed by atoms with Crippen LogP contribution in [0.4, 0.5) is 10.8 Å². The Morgan fingerprint density at radius 1 is 1.36 bits per heavy atom. The fourth-order valence-corrected chi connectivity index (χ4v) is 3.08. The largest absolute Gasteiger partial charge is 0.476 e. The normalized spacial score (nSPS) is 15.3. The summed E-state index contributed by atoms with van der Waals surface area (Å²) in [4.78, 5) is 42.1. The number of anilines is 2. The minimum absolute atomic E-state index is 0.132. The van der Waals surface area contributed by atoms with Gasteiger partial charge in [0, 0.05) is 17.1 Å². The summed E-state index contributed by atoms with van der Waals surface area (Å²) in [6.45, 7) is 4.53. The molecule has 130 valence electrons. The van der Waals surface area contributed by atoms with Gasteiger partial charge < -0.3 is 10.1 Å². The first-order valence-electron chi connectivity index (χ1n) is 7.63. The Hall–Kier alpha value is -2.74. The minimum Gasteiger partial charge on any atom is -0.476 e. The molecule has 0 bridgehead atoms. The molecule has 0 spiro atoms. The van der Waals surface area contributed by atoms with Gasteiger partial charge in [0.05, 0.1) is 5.69 Å². The molecule has 1 aromatic heterocycles. The summed E-state index contributed by atoms with van der Waals surface area (Å²) in [6.07, 6.45) is 1.58. The van der Waals surface area contributed by atoms with E-state index in [2.05, 4.69) is 10.3 Å². The highest BCUT2D eigenvalue weighted by molar-refractivity contribution is 7.13. The summed E-state index contributed by atoms with van der Waals surface area (Å²) in [7, 11) is 0. The molecule has 0 unspecified atom stereocenters. The molecule has 2 heterocycles. The second-order valence-electron chi connectivity index (χ2n) is 6.13. The molecular weight excluding hydrogens is 342 g/mol. The zero-order valence-corrected chi connectivity index (χ0v) is 14.8. The summed E-state index contributed by atoms with van der Waals surface area (Å²) >= 11 is 1.29. The lowest BCUT2D eigenvalue weighted by atomic mass is 10.0. The van der Waals surface area contributed by atoms with Crippen LogP contribution < -0.4 is 15.0 Å². The lowest BCUT2D eigenvalue weighted by Gasteiger charge is -2.38. The second kappa shape index (κ2) is 6.29. The van der Waals surface area contributed by atoms with Crippen LogP contribution in [0.15, 0.2) is 29.8 Å². The SMILES string of the molecule is CC(=O)c1ccc2c(c1)N(CC(=O)Nc1nccs1)C(=O)C(C)(C)O2. The van der Waals surface area contributed by atoms with Gasteiger partial charge in [0.2, 0.25) is 5.91 Å². The van der Waals surface area contributed by atoms with Gasteiger partial charge in [-0.25, -0.2) is 4.98 Å². The van der Waals surface area contributed by atoms with Crippen molar-refractivity contribution in [1.82, 2.24) is 4.98 Å². The number of rotatable bonds is 4. The van der Waals surface area contributed by atoms with Gasteiger partial charge >= 0.3 is 0 Å². The smallest absolute Gasteiger partial charge is 0.271 e. The fourth-order valence-electron chi connectivity index (χ4n) is 2.53. The molecule has 3 rings (SSSR count). The molecule has 1 aromatic carbocycles. The van der Waals surface area contributed by atoms with Crippen molar-refractivity contribution in [1.29, 1.82) is 0 Å². The Bertz CT molecular complexity index is 846. The van der Waals surface area contributed by atoms with Crippen molar-refractivity contribution in [2.24, 2.45) is 0 Å². The maximum absolute atomic E-state index is 12.8. The van der Waals surface area contributed by atoms with Crippen LogP contribution >= 0.6 is 11.3 Å². The number of ketones is 1. The zero-order chi connectivity index (χ0) is 18.2. The van der Waals surface area contributed by atoms with Crippen LogP contribution in [0.5, 0.6) is 5.75 Å². The summed E-state index contributed by atoms with van der Waals surface area (Å²) in [5.74, 6) is -0.404. The Kier molecular flexibility index (Phi) is 4.30. The van der Waals surface area contributed by atoms with E-state index in [9.17, 15) is 14.4 Å². The zero-order valence-electron chi connectivity index (χ0n) is 14.0. The van der Waals surface area contributed by atoms with E-state index in [1.807, 2.05) is 0 Å². The fraction of sp³-hybridized carbons (Fsp3) is 0.294. The van der Waals surface area contributed by atoms with Crippen LogP contribution in [0, 0.1) is 0 Å². The van der Waals surface area contributed by atoms with Crippen LogP contribution in [-0.2, 0) is 9.59 Å². The lowest BCUT2D eigenvalue weighted by molar-refractivity contribution is -0.133. The molecule has 0 radical (unpaired) electrons. The maximum atomic E-state index is 12.8. The number of nitrogens with one attached hydrogen (secondary N) is 1. The molecule has 1 N–H and O–H groups in total. The van der Waals surface area contributed by atoms with Gasteiger partial charge in [0.1, 0.15) is 12.3 Å². The topological polar surface area (TPSA) is 88.6 Å². The molecule has 8 heteroatoms. The van der Waals surface area contributed by atoms with Crippen molar-refractivity contribution in [2.75, 3.05) is 16.8 Å². The Labute approximate surface area is 148 Å². The van der Waals surface area contributed by atoms with E-state index in [-0.39, 0.29) is 24.1 Å². The van der Waals surface area contributed by atoms with Crippen molar-refractivity contribution in [3.63, 3.8) is 0 Å². The lowest BCUT2D eigenvalue weighted by Crippen LogP contribution is -2.54. The van der Waals surface area contributed by atoms with Crippen LogP contribution in [0.2, 0.25) is 0 Å². The third-order valence-electron chi connectivity index (χ3n) is 3.76. The number of nitrogens with zero attached hydrogens (tertiary/aromatic N) is 2. The van der Waals surface area contributed by atoms with E-state index in [0.717, 1.165) is 0 Å². The molecule has 0 saturated carbocycles. The Balaban J connectivity index is 1.93. The molecule has 1 aliphatic rings. The van der Waals surface area contributed by atoms with Crippen LogP contribution in [0.3, 0.4) is 0 Å². The predicted molar refractivity (Wildman–Crippen MR) is 94.3 cm³/mol. The molecule has 2 amide bonds. The maximum Gasteiger partial charge on any atom is 0.271 e. The van der Waals surface area contributed by atoms with Gasteiger partial charge in [-0.3, -0.25) is 19.3 Å². The third kappa shape index (κ3) is 3.39. The summed E-state index contributed by atoms with van der Waals surface area (Å²) in [6, 6.07) is 4.86. The minimum atomic E-state index is -1.10. The molecule has 25 heavy (non-hydrogen) atoms.